The highest BCUT2D eigenvalue weighted by molar-refractivity contribution is 5.86. The van der Waals surface area contributed by atoms with Gasteiger partial charge in [0.25, 0.3) is 0 Å². The van der Waals surface area contributed by atoms with E-state index in [0.717, 1.165) is 34.1 Å². The van der Waals surface area contributed by atoms with Gasteiger partial charge in [-0.05, 0) is 19.1 Å². The minimum Gasteiger partial charge on any atom is -0.478 e. The van der Waals surface area contributed by atoms with E-state index in [9.17, 15) is 4.79 Å². The van der Waals surface area contributed by atoms with Gasteiger partial charge in [-0.1, -0.05) is 18.2 Å². The summed E-state index contributed by atoms with van der Waals surface area (Å²) < 4.78 is 3.43. The van der Waals surface area contributed by atoms with E-state index in [2.05, 4.69) is 10.2 Å². The predicted molar refractivity (Wildman–Crippen MR) is 79.2 cm³/mol. The van der Waals surface area contributed by atoms with Crippen molar-refractivity contribution in [2.24, 2.45) is 7.05 Å². The molecular formula is C15H14N4O2. The van der Waals surface area contributed by atoms with Crippen molar-refractivity contribution >= 4 is 22.9 Å². The van der Waals surface area contributed by atoms with Crippen LogP contribution in [0.5, 0.6) is 0 Å². The Bertz CT molecular complexity index is 825. The van der Waals surface area contributed by atoms with Crippen LogP contribution in [0.1, 0.15) is 11.3 Å². The van der Waals surface area contributed by atoms with Crippen LogP contribution in [0.25, 0.3) is 22.8 Å². The van der Waals surface area contributed by atoms with Crippen molar-refractivity contribution in [3.8, 4) is 5.82 Å². The van der Waals surface area contributed by atoms with Crippen LogP contribution >= 0.6 is 0 Å². The van der Waals surface area contributed by atoms with Crippen LogP contribution in [-0.4, -0.2) is 30.6 Å². The number of nitrogens with zero attached hydrogens (tertiary/aromatic N) is 4. The molecule has 3 rings (SSSR count). The molecule has 0 spiro atoms. The molecule has 106 valence electrons. The molecule has 0 atom stereocenters. The molecule has 21 heavy (non-hydrogen) atoms. The maximum absolute atomic E-state index is 10.7. The van der Waals surface area contributed by atoms with Gasteiger partial charge in [0.15, 0.2) is 5.82 Å². The van der Waals surface area contributed by atoms with E-state index in [-0.39, 0.29) is 0 Å². The number of aromatic nitrogens is 4. The minimum absolute atomic E-state index is 0.737. The summed E-state index contributed by atoms with van der Waals surface area (Å²) in [6.07, 6.45) is 4.56. The first-order valence-corrected chi connectivity index (χ1v) is 6.45. The largest absolute Gasteiger partial charge is 0.478 e. The molecule has 2 aromatic heterocycles. The summed E-state index contributed by atoms with van der Waals surface area (Å²) in [5, 5.41) is 18.7. The van der Waals surface area contributed by atoms with Crippen molar-refractivity contribution in [3.05, 3.63) is 47.8 Å². The van der Waals surface area contributed by atoms with Crippen LogP contribution in [0.15, 0.2) is 36.5 Å². The number of rotatable bonds is 3. The lowest BCUT2D eigenvalue weighted by atomic mass is 10.2. The molecule has 0 aliphatic heterocycles. The highest BCUT2D eigenvalue weighted by atomic mass is 16.4. The van der Waals surface area contributed by atoms with Crippen molar-refractivity contribution in [3.63, 3.8) is 0 Å². The number of carboxylic acid groups (broad SMARTS) is 1. The number of aliphatic carboxylic acids is 1. The zero-order valence-corrected chi connectivity index (χ0v) is 11.7. The van der Waals surface area contributed by atoms with Gasteiger partial charge in [0, 0.05) is 30.3 Å². The summed E-state index contributed by atoms with van der Waals surface area (Å²) in [6.45, 7) is 1.84. The zero-order chi connectivity index (χ0) is 15.0. The second-order valence-corrected chi connectivity index (χ2v) is 4.75. The SMILES string of the molecule is Cc1nn(C)c(-n2cc3ccccc3n2)c1/C=C/C(=O)O. The van der Waals surface area contributed by atoms with E-state index in [4.69, 9.17) is 5.11 Å². The number of aryl methyl sites for hydroxylation is 2. The molecule has 0 aliphatic carbocycles. The maximum Gasteiger partial charge on any atom is 0.328 e. The van der Waals surface area contributed by atoms with Crippen molar-refractivity contribution in [2.45, 2.75) is 6.92 Å². The minimum atomic E-state index is -0.991. The monoisotopic (exact) mass is 282 g/mol. The molecule has 0 fully saturated rings. The number of fused-ring (bicyclic) bond motifs is 1. The van der Waals surface area contributed by atoms with Crippen molar-refractivity contribution in [1.82, 2.24) is 19.6 Å². The predicted octanol–water partition coefficient (Wildman–Crippen LogP) is 2.17. The summed E-state index contributed by atoms with van der Waals surface area (Å²) in [5.74, 6) is -0.254. The van der Waals surface area contributed by atoms with Gasteiger partial charge in [-0.15, -0.1) is 0 Å². The second kappa shape index (κ2) is 4.90. The standard InChI is InChI=1S/C15H14N4O2/c1-10-12(7-8-14(20)21)15(18(2)16-10)19-9-11-5-3-4-6-13(11)17-19/h3-9H,1-2H3,(H,20,21)/b8-7+. The smallest absolute Gasteiger partial charge is 0.328 e. The molecule has 0 aliphatic rings. The molecule has 3 aromatic rings. The van der Waals surface area contributed by atoms with Gasteiger partial charge < -0.3 is 5.11 Å². The fourth-order valence-corrected chi connectivity index (χ4v) is 2.36. The summed E-state index contributed by atoms with van der Waals surface area (Å²) in [4.78, 5) is 10.7. The number of hydrogen-bond donors (Lipinski definition) is 1. The van der Waals surface area contributed by atoms with E-state index < -0.39 is 5.97 Å². The highest BCUT2D eigenvalue weighted by Crippen LogP contribution is 2.21. The Morgan fingerprint density at radius 3 is 2.76 bits per heavy atom. The summed E-state index contributed by atoms with van der Waals surface area (Å²) in [5.41, 5.74) is 2.38. The van der Waals surface area contributed by atoms with Crippen molar-refractivity contribution < 1.29 is 9.90 Å². The van der Waals surface area contributed by atoms with Gasteiger partial charge in [0.2, 0.25) is 0 Å². The molecule has 0 saturated heterocycles. The first-order valence-electron chi connectivity index (χ1n) is 6.45. The Kier molecular flexibility index (Phi) is 3.06. The zero-order valence-electron chi connectivity index (χ0n) is 11.7. The molecule has 1 N–H and O–H groups in total. The van der Waals surface area contributed by atoms with Crippen LogP contribution < -0.4 is 0 Å². The molecule has 2 heterocycles. The first kappa shape index (κ1) is 13.1. The molecule has 1 aromatic carbocycles. The third-order valence-electron chi connectivity index (χ3n) is 3.26. The molecule has 0 unspecified atom stereocenters. The first-order chi connectivity index (χ1) is 10.1. The summed E-state index contributed by atoms with van der Waals surface area (Å²) in [6, 6.07) is 7.80. The third kappa shape index (κ3) is 2.31. The van der Waals surface area contributed by atoms with E-state index in [1.165, 1.54) is 0 Å². The van der Waals surface area contributed by atoms with Crippen LogP contribution in [0.4, 0.5) is 0 Å². The topological polar surface area (TPSA) is 72.9 Å². The Morgan fingerprint density at radius 1 is 1.29 bits per heavy atom. The molecule has 0 amide bonds. The lowest BCUT2D eigenvalue weighted by Gasteiger charge is -2.03. The van der Waals surface area contributed by atoms with E-state index in [1.807, 2.05) is 44.4 Å². The fourth-order valence-electron chi connectivity index (χ4n) is 2.36. The van der Waals surface area contributed by atoms with E-state index in [1.54, 1.807) is 15.4 Å². The van der Waals surface area contributed by atoms with Gasteiger partial charge in [-0.2, -0.15) is 10.2 Å². The second-order valence-electron chi connectivity index (χ2n) is 4.75. The quantitative estimate of drug-likeness (QED) is 0.747. The van der Waals surface area contributed by atoms with Gasteiger partial charge in [0.1, 0.15) is 0 Å². The normalized spacial score (nSPS) is 11.5. The average molecular weight is 282 g/mol. The van der Waals surface area contributed by atoms with E-state index >= 15 is 0 Å². The molecule has 6 nitrogen and oxygen atoms in total. The van der Waals surface area contributed by atoms with Gasteiger partial charge in [0.05, 0.1) is 11.2 Å². The Balaban J connectivity index is 2.19. The van der Waals surface area contributed by atoms with Crippen LogP contribution in [0, 0.1) is 6.92 Å². The van der Waals surface area contributed by atoms with E-state index in [0.29, 0.717) is 0 Å². The highest BCUT2D eigenvalue weighted by Gasteiger charge is 2.14. The molecule has 0 saturated carbocycles. The average Bonchev–Trinajstić information content (AvgIpc) is 2.96. The molecule has 0 bridgehead atoms. The Hall–Kier alpha value is -2.89. The number of hydrogen-bond acceptors (Lipinski definition) is 3. The number of carboxylic acids is 1. The molecule has 6 heteroatoms. The summed E-state index contributed by atoms with van der Waals surface area (Å²) in [7, 11) is 1.81. The van der Waals surface area contributed by atoms with Crippen LogP contribution in [-0.2, 0) is 11.8 Å². The van der Waals surface area contributed by atoms with Crippen molar-refractivity contribution in [2.75, 3.05) is 0 Å². The van der Waals surface area contributed by atoms with Gasteiger partial charge >= 0.3 is 5.97 Å². The molecule has 0 radical (unpaired) electrons. The maximum atomic E-state index is 10.7. The Morgan fingerprint density at radius 2 is 2.05 bits per heavy atom. The lowest BCUT2D eigenvalue weighted by Crippen LogP contribution is -2.04. The van der Waals surface area contributed by atoms with Crippen LogP contribution in [0.2, 0.25) is 0 Å². The fraction of sp³-hybridized carbons (Fsp3) is 0.133. The summed E-state index contributed by atoms with van der Waals surface area (Å²) >= 11 is 0. The third-order valence-corrected chi connectivity index (χ3v) is 3.26. The number of carbonyl (C=O) groups is 1. The Labute approximate surface area is 120 Å². The number of benzene rings is 1. The van der Waals surface area contributed by atoms with Crippen LogP contribution in [0.3, 0.4) is 0 Å². The van der Waals surface area contributed by atoms with Gasteiger partial charge in [-0.25, -0.2) is 9.48 Å². The van der Waals surface area contributed by atoms with Crippen molar-refractivity contribution in [1.29, 1.82) is 0 Å². The van der Waals surface area contributed by atoms with Gasteiger partial charge in [-0.3, -0.25) is 4.68 Å². The lowest BCUT2D eigenvalue weighted by molar-refractivity contribution is -0.131. The molecular weight excluding hydrogens is 268 g/mol.